The molecule has 2 N–H and O–H groups in total. The van der Waals surface area contributed by atoms with E-state index in [1.807, 2.05) is 6.92 Å². The van der Waals surface area contributed by atoms with Crippen molar-refractivity contribution in [2.24, 2.45) is 11.3 Å². The standard InChI is InChI=1S/C17H32N2O2/c1-4-16(5-2)9-11-19(12-10-16)13-17(15(20)21,18-6-3)14-7-8-14/h14,18H,4-13H2,1-3H3,(H,20,21). The van der Waals surface area contributed by atoms with Crippen LogP contribution in [0.1, 0.15) is 59.3 Å². The molecule has 0 spiro atoms. The topological polar surface area (TPSA) is 52.6 Å². The lowest BCUT2D eigenvalue weighted by Crippen LogP contribution is -2.61. The van der Waals surface area contributed by atoms with E-state index in [4.69, 9.17) is 0 Å². The molecule has 2 fully saturated rings. The molecule has 1 atom stereocenters. The maximum absolute atomic E-state index is 11.9. The summed E-state index contributed by atoms with van der Waals surface area (Å²) in [5.41, 5.74) is -0.215. The van der Waals surface area contributed by atoms with Gasteiger partial charge in [0.1, 0.15) is 5.54 Å². The van der Waals surface area contributed by atoms with Gasteiger partial charge in [-0.25, -0.2) is 0 Å². The number of likely N-dealkylation sites (tertiary alicyclic amines) is 1. The Morgan fingerprint density at radius 1 is 1.24 bits per heavy atom. The zero-order chi connectivity index (χ0) is 15.5. The highest BCUT2D eigenvalue weighted by Crippen LogP contribution is 2.42. The van der Waals surface area contributed by atoms with E-state index < -0.39 is 11.5 Å². The molecule has 2 aliphatic rings. The fraction of sp³-hybridized carbons (Fsp3) is 0.941. The highest BCUT2D eigenvalue weighted by molar-refractivity contribution is 5.80. The molecular weight excluding hydrogens is 264 g/mol. The summed E-state index contributed by atoms with van der Waals surface area (Å²) in [6.45, 7) is 10.1. The minimum Gasteiger partial charge on any atom is -0.480 e. The van der Waals surface area contributed by atoms with E-state index in [9.17, 15) is 9.90 Å². The maximum Gasteiger partial charge on any atom is 0.325 e. The minimum absolute atomic E-state index is 0.319. The highest BCUT2D eigenvalue weighted by atomic mass is 16.4. The summed E-state index contributed by atoms with van der Waals surface area (Å²) in [5.74, 6) is -0.339. The second-order valence-electron chi connectivity index (χ2n) is 7.06. The Morgan fingerprint density at radius 2 is 1.81 bits per heavy atom. The van der Waals surface area contributed by atoms with Crippen molar-refractivity contribution in [3.8, 4) is 0 Å². The summed E-state index contributed by atoms with van der Waals surface area (Å²) in [4.78, 5) is 14.3. The van der Waals surface area contributed by atoms with Crippen LogP contribution < -0.4 is 5.32 Å². The third-order valence-corrected chi connectivity index (χ3v) is 6.04. The Bertz CT molecular complexity index is 354. The second-order valence-corrected chi connectivity index (χ2v) is 7.06. The second kappa shape index (κ2) is 6.66. The average molecular weight is 296 g/mol. The van der Waals surface area contributed by atoms with Crippen LogP contribution in [-0.2, 0) is 4.79 Å². The molecular formula is C17H32N2O2. The highest BCUT2D eigenvalue weighted by Gasteiger charge is 2.52. The predicted molar refractivity (Wildman–Crippen MR) is 85.5 cm³/mol. The Kier molecular flexibility index (Phi) is 5.31. The number of carboxylic acid groups (broad SMARTS) is 1. The minimum atomic E-state index is -0.715. The molecule has 1 saturated heterocycles. The molecule has 0 radical (unpaired) electrons. The number of likely N-dealkylation sites (N-methyl/N-ethyl adjacent to an activating group) is 1. The van der Waals surface area contributed by atoms with E-state index in [0.717, 1.165) is 32.5 Å². The van der Waals surface area contributed by atoms with Crippen molar-refractivity contribution in [3.63, 3.8) is 0 Å². The smallest absolute Gasteiger partial charge is 0.325 e. The Morgan fingerprint density at radius 3 is 2.19 bits per heavy atom. The number of rotatable bonds is 8. The van der Waals surface area contributed by atoms with Crippen molar-refractivity contribution in [3.05, 3.63) is 0 Å². The summed E-state index contributed by atoms with van der Waals surface area (Å²) in [5, 5.41) is 13.1. The molecule has 4 nitrogen and oxygen atoms in total. The van der Waals surface area contributed by atoms with Crippen LogP contribution in [0.25, 0.3) is 0 Å². The van der Waals surface area contributed by atoms with Gasteiger partial charge in [0.15, 0.2) is 0 Å². The molecule has 0 aromatic carbocycles. The monoisotopic (exact) mass is 296 g/mol. The van der Waals surface area contributed by atoms with Gasteiger partial charge in [-0.1, -0.05) is 33.6 Å². The molecule has 1 unspecified atom stereocenters. The quantitative estimate of drug-likeness (QED) is 0.723. The molecule has 0 amide bonds. The molecule has 21 heavy (non-hydrogen) atoms. The van der Waals surface area contributed by atoms with Crippen LogP contribution in [0, 0.1) is 11.3 Å². The van der Waals surface area contributed by atoms with Gasteiger partial charge in [-0.3, -0.25) is 4.79 Å². The van der Waals surface area contributed by atoms with Crippen molar-refractivity contribution < 1.29 is 9.90 Å². The van der Waals surface area contributed by atoms with E-state index in [0.29, 0.717) is 17.9 Å². The van der Waals surface area contributed by atoms with E-state index >= 15 is 0 Å². The van der Waals surface area contributed by atoms with Gasteiger partial charge >= 0.3 is 5.97 Å². The third-order valence-electron chi connectivity index (χ3n) is 6.04. The Balaban J connectivity index is 2.01. The van der Waals surface area contributed by atoms with Crippen LogP contribution in [-0.4, -0.2) is 47.7 Å². The number of carboxylic acids is 1. The van der Waals surface area contributed by atoms with Crippen molar-refractivity contribution in [2.45, 2.75) is 64.8 Å². The summed E-state index contributed by atoms with van der Waals surface area (Å²) in [6.07, 6.45) is 7.04. The van der Waals surface area contributed by atoms with E-state index in [1.165, 1.54) is 25.7 Å². The molecule has 122 valence electrons. The summed E-state index contributed by atoms with van der Waals surface area (Å²) < 4.78 is 0. The first-order chi connectivity index (χ1) is 10.0. The number of hydrogen-bond acceptors (Lipinski definition) is 3. The van der Waals surface area contributed by atoms with Gasteiger partial charge in [-0.2, -0.15) is 0 Å². The zero-order valence-corrected chi connectivity index (χ0v) is 14.0. The number of piperidine rings is 1. The van der Waals surface area contributed by atoms with Crippen LogP contribution in [0.15, 0.2) is 0 Å². The van der Waals surface area contributed by atoms with Crippen molar-refractivity contribution in [1.82, 2.24) is 10.2 Å². The molecule has 1 saturated carbocycles. The first-order valence-corrected chi connectivity index (χ1v) is 8.72. The largest absolute Gasteiger partial charge is 0.480 e. The van der Waals surface area contributed by atoms with E-state index in [2.05, 4.69) is 24.1 Å². The lowest BCUT2D eigenvalue weighted by Gasteiger charge is -2.44. The van der Waals surface area contributed by atoms with Gasteiger partial charge in [0.2, 0.25) is 0 Å². The van der Waals surface area contributed by atoms with Gasteiger partial charge in [0.25, 0.3) is 0 Å². The molecule has 4 heteroatoms. The summed E-state index contributed by atoms with van der Waals surface area (Å²) in [6, 6.07) is 0. The van der Waals surface area contributed by atoms with Crippen LogP contribution >= 0.6 is 0 Å². The van der Waals surface area contributed by atoms with Crippen molar-refractivity contribution in [1.29, 1.82) is 0 Å². The van der Waals surface area contributed by atoms with E-state index in [-0.39, 0.29) is 0 Å². The SMILES string of the molecule is CCNC(CN1CCC(CC)(CC)CC1)(C(=O)O)C1CC1. The number of aliphatic carboxylic acids is 1. The lowest BCUT2D eigenvalue weighted by atomic mass is 9.74. The van der Waals surface area contributed by atoms with Gasteiger partial charge in [0.05, 0.1) is 0 Å². The predicted octanol–water partition coefficient (Wildman–Crippen LogP) is 2.73. The molecule has 0 bridgehead atoms. The molecule has 2 rings (SSSR count). The lowest BCUT2D eigenvalue weighted by molar-refractivity contribution is -0.147. The van der Waals surface area contributed by atoms with E-state index in [1.54, 1.807) is 0 Å². The van der Waals surface area contributed by atoms with Crippen LogP contribution in [0.5, 0.6) is 0 Å². The average Bonchev–Trinajstić information content (AvgIpc) is 3.32. The molecule has 1 heterocycles. The number of nitrogens with zero attached hydrogens (tertiary/aromatic N) is 1. The normalized spacial score (nSPS) is 25.5. The number of carbonyl (C=O) groups is 1. The first kappa shape index (κ1) is 16.8. The fourth-order valence-electron chi connectivity index (χ4n) is 4.03. The van der Waals surface area contributed by atoms with Gasteiger partial charge < -0.3 is 15.3 Å². The molecule has 1 aliphatic heterocycles. The van der Waals surface area contributed by atoms with Gasteiger partial charge in [0, 0.05) is 6.54 Å². The molecule has 1 aliphatic carbocycles. The number of nitrogens with one attached hydrogen (secondary N) is 1. The molecule has 0 aromatic rings. The fourth-order valence-corrected chi connectivity index (χ4v) is 4.03. The van der Waals surface area contributed by atoms with Crippen molar-refractivity contribution >= 4 is 5.97 Å². The van der Waals surface area contributed by atoms with Crippen LogP contribution in [0.4, 0.5) is 0 Å². The number of hydrogen-bond donors (Lipinski definition) is 2. The zero-order valence-electron chi connectivity index (χ0n) is 14.0. The Hall–Kier alpha value is -0.610. The van der Waals surface area contributed by atoms with Crippen LogP contribution in [0.2, 0.25) is 0 Å². The molecule has 0 aromatic heterocycles. The third kappa shape index (κ3) is 3.42. The maximum atomic E-state index is 11.9. The summed E-state index contributed by atoms with van der Waals surface area (Å²) in [7, 11) is 0. The first-order valence-electron chi connectivity index (χ1n) is 8.72. The van der Waals surface area contributed by atoms with Gasteiger partial charge in [-0.05, 0) is 56.7 Å². The van der Waals surface area contributed by atoms with Crippen molar-refractivity contribution in [2.75, 3.05) is 26.2 Å². The summed E-state index contributed by atoms with van der Waals surface area (Å²) >= 11 is 0. The Labute approximate surface area is 129 Å². The van der Waals surface area contributed by atoms with Crippen LogP contribution in [0.3, 0.4) is 0 Å². The van der Waals surface area contributed by atoms with Gasteiger partial charge in [-0.15, -0.1) is 0 Å².